The zero-order valence-corrected chi connectivity index (χ0v) is 7.74. The maximum atomic E-state index is 10.9. The Morgan fingerprint density at radius 3 is 2.55 bits per heavy atom. The molecular formula is C7H11ClO2S. The Morgan fingerprint density at radius 1 is 1.27 bits per heavy atom. The Labute approximate surface area is 71.3 Å². The monoisotopic (exact) mass is 194 g/mol. The lowest BCUT2D eigenvalue weighted by Crippen LogP contribution is -2.41. The summed E-state index contributed by atoms with van der Waals surface area (Å²) in [6.45, 7) is 0. The van der Waals surface area contributed by atoms with Gasteiger partial charge in [-0.1, -0.05) is 12.8 Å². The minimum Gasteiger partial charge on any atom is -0.212 e. The van der Waals surface area contributed by atoms with Crippen LogP contribution in [0.15, 0.2) is 0 Å². The molecule has 2 aliphatic carbocycles. The van der Waals surface area contributed by atoms with E-state index in [0.717, 1.165) is 12.8 Å². The molecule has 0 radical (unpaired) electrons. The molecule has 11 heavy (non-hydrogen) atoms. The fourth-order valence-electron chi connectivity index (χ4n) is 2.45. The zero-order valence-electron chi connectivity index (χ0n) is 6.16. The summed E-state index contributed by atoms with van der Waals surface area (Å²) in [5.41, 5.74) is 0. The summed E-state index contributed by atoms with van der Waals surface area (Å²) in [5, 5.41) is -0.211. The second-order valence-corrected chi connectivity index (χ2v) is 6.45. The molecule has 2 rings (SSSR count). The van der Waals surface area contributed by atoms with Crippen LogP contribution in [0, 0.1) is 11.8 Å². The average Bonchev–Trinajstić information content (AvgIpc) is 2.08. The second-order valence-electron chi connectivity index (χ2n) is 3.60. The Bertz CT molecular complexity index is 260. The number of hydrogen-bond acceptors (Lipinski definition) is 2. The summed E-state index contributed by atoms with van der Waals surface area (Å²) < 4.78 is 21.8. The third-order valence-corrected chi connectivity index (χ3v) is 5.04. The molecule has 0 aromatic rings. The lowest BCUT2D eigenvalue weighted by Gasteiger charge is -2.37. The summed E-state index contributed by atoms with van der Waals surface area (Å²) in [7, 11) is 2.03. The maximum absolute atomic E-state index is 10.9. The standard InChI is InChI=1S/C7H11ClO2S/c8-11(9,10)7-4-5-2-1-3-6(5)7/h5-7H,1-4H2. The van der Waals surface area contributed by atoms with Crippen LogP contribution in [0.25, 0.3) is 0 Å². The Kier molecular flexibility index (Phi) is 1.69. The molecule has 0 saturated heterocycles. The van der Waals surface area contributed by atoms with Crippen molar-refractivity contribution < 1.29 is 8.42 Å². The maximum Gasteiger partial charge on any atom is 0.235 e. The van der Waals surface area contributed by atoms with Gasteiger partial charge in [0, 0.05) is 10.7 Å². The van der Waals surface area contributed by atoms with Gasteiger partial charge in [0.05, 0.1) is 5.25 Å². The third-order valence-electron chi connectivity index (χ3n) is 3.09. The Hall–Kier alpha value is 0.240. The van der Waals surface area contributed by atoms with Crippen molar-refractivity contribution in [2.24, 2.45) is 11.8 Å². The predicted molar refractivity (Wildman–Crippen MR) is 44.0 cm³/mol. The van der Waals surface area contributed by atoms with E-state index < -0.39 is 9.05 Å². The van der Waals surface area contributed by atoms with Crippen LogP contribution in [0.5, 0.6) is 0 Å². The number of fused-ring (bicyclic) bond motifs is 1. The fourth-order valence-corrected chi connectivity index (χ4v) is 4.32. The van der Waals surface area contributed by atoms with Crippen LogP contribution in [-0.4, -0.2) is 13.7 Å². The molecule has 0 bridgehead atoms. The smallest absolute Gasteiger partial charge is 0.212 e. The van der Waals surface area contributed by atoms with Gasteiger partial charge in [-0.2, -0.15) is 0 Å². The van der Waals surface area contributed by atoms with E-state index in [1.54, 1.807) is 0 Å². The van der Waals surface area contributed by atoms with Crippen molar-refractivity contribution in [3.8, 4) is 0 Å². The molecule has 64 valence electrons. The SMILES string of the molecule is O=S(=O)(Cl)C1CC2CCCC21. The molecule has 0 amide bonds. The normalized spacial score (nSPS) is 43.2. The van der Waals surface area contributed by atoms with E-state index in [2.05, 4.69) is 0 Å². The molecule has 0 aliphatic heterocycles. The summed E-state index contributed by atoms with van der Waals surface area (Å²) in [4.78, 5) is 0. The van der Waals surface area contributed by atoms with E-state index in [9.17, 15) is 8.42 Å². The van der Waals surface area contributed by atoms with Gasteiger partial charge in [0.15, 0.2) is 0 Å². The molecule has 3 unspecified atom stereocenters. The van der Waals surface area contributed by atoms with Gasteiger partial charge < -0.3 is 0 Å². The molecule has 0 heterocycles. The molecule has 0 aromatic carbocycles. The molecule has 0 N–H and O–H groups in total. The zero-order chi connectivity index (χ0) is 8.06. The molecule has 2 fully saturated rings. The minimum absolute atomic E-state index is 0.211. The van der Waals surface area contributed by atoms with Gasteiger partial charge >= 0.3 is 0 Å². The first kappa shape index (κ1) is 7.87. The fraction of sp³-hybridized carbons (Fsp3) is 1.00. The van der Waals surface area contributed by atoms with Gasteiger partial charge in [-0.05, 0) is 24.7 Å². The van der Waals surface area contributed by atoms with E-state index >= 15 is 0 Å². The van der Waals surface area contributed by atoms with Gasteiger partial charge in [-0.3, -0.25) is 0 Å². The molecule has 2 nitrogen and oxygen atoms in total. The first-order chi connectivity index (χ1) is 5.09. The minimum atomic E-state index is -3.25. The lowest BCUT2D eigenvalue weighted by molar-refractivity contribution is 0.225. The van der Waals surface area contributed by atoms with Crippen molar-refractivity contribution in [1.82, 2.24) is 0 Å². The summed E-state index contributed by atoms with van der Waals surface area (Å²) in [5.74, 6) is 1.08. The summed E-state index contributed by atoms with van der Waals surface area (Å²) in [6, 6.07) is 0. The van der Waals surface area contributed by atoms with Crippen LogP contribution < -0.4 is 0 Å². The number of hydrogen-bond donors (Lipinski definition) is 0. The first-order valence-electron chi connectivity index (χ1n) is 4.02. The topological polar surface area (TPSA) is 34.1 Å². The molecular weight excluding hydrogens is 184 g/mol. The quantitative estimate of drug-likeness (QED) is 0.596. The average molecular weight is 195 g/mol. The Morgan fingerprint density at radius 2 is 2.00 bits per heavy atom. The molecule has 3 atom stereocenters. The van der Waals surface area contributed by atoms with Gasteiger partial charge in [-0.25, -0.2) is 8.42 Å². The second kappa shape index (κ2) is 2.36. The van der Waals surface area contributed by atoms with E-state index in [0.29, 0.717) is 11.8 Å². The van der Waals surface area contributed by atoms with Crippen molar-refractivity contribution >= 4 is 19.7 Å². The largest absolute Gasteiger partial charge is 0.235 e. The van der Waals surface area contributed by atoms with Gasteiger partial charge in [-0.15, -0.1) is 0 Å². The third kappa shape index (κ3) is 1.18. The molecule has 2 aliphatic rings. The van der Waals surface area contributed by atoms with E-state index in [4.69, 9.17) is 10.7 Å². The van der Waals surface area contributed by atoms with Crippen molar-refractivity contribution in [3.05, 3.63) is 0 Å². The van der Waals surface area contributed by atoms with Gasteiger partial charge in [0.25, 0.3) is 0 Å². The molecule has 0 aromatic heterocycles. The van der Waals surface area contributed by atoms with Crippen LogP contribution in [-0.2, 0) is 9.05 Å². The Balaban J connectivity index is 2.12. The molecule has 2 saturated carbocycles. The van der Waals surface area contributed by atoms with E-state index in [1.165, 1.54) is 12.8 Å². The highest BCUT2D eigenvalue weighted by atomic mass is 35.7. The van der Waals surface area contributed by atoms with Gasteiger partial charge in [0.1, 0.15) is 0 Å². The highest BCUT2D eigenvalue weighted by Gasteiger charge is 2.49. The van der Waals surface area contributed by atoms with Crippen LogP contribution in [0.1, 0.15) is 25.7 Å². The highest BCUT2D eigenvalue weighted by molar-refractivity contribution is 8.14. The van der Waals surface area contributed by atoms with Crippen LogP contribution in [0.2, 0.25) is 0 Å². The summed E-state index contributed by atoms with van der Waals surface area (Å²) in [6.07, 6.45) is 4.30. The first-order valence-corrected chi connectivity index (χ1v) is 6.40. The molecule has 4 heteroatoms. The number of halogens is 1. The van der Waals surface area contributed by atoms with Gasteiger partial charge in [0.2, 0.25) is 9.05 Å². The van der Waals surface area contributed by atoms with Crippen molar-refractivity contribution in [2.45, 2.75) is 30.9 Å². The van der Waals surface area contributed by atoms with Crippen molar-refractivity contribution in [2.75, 3.05) is 0 Å². The highest BCUT2D eigenvalue weighted by Crippen LogP contribution is 2.50. The number of rotatable bonds is 1. The van der Waals surface area contributed by atoms with Crippen molar-refractivity contribution in [3.63, 3.8) is 0 Å². The van der Waals surface area contributed by atoms with Crippen LogP contribution in [0.3, 0.4) is 0 Å². The van der Waals surface area contributed by atoms with Crippen molar-refractivity contribution in [1.29, 1.82) is 0 Å². The van der Waals surface area contributed by atoms with Crippen LogP contribution >= 0.6 is 10.7 Å². The lowest BCUT2D eigenvalue weighted by atomic mass is 9.76. The molecule has 0 spiro atoms. The van der Waals surface area contributed by atoms with Crippen LogP contribution in [0.4, 0.5) is 0 Å². The predicted octanol–water partition coefficient (Wildman–Crippen LogP) is 1.74. The summed E-state index contributed by atoms with van der Waals surface area (Å²) >= 11 is 0. The van der Waals surface area contributed by atoms with E-state index in [1.807, 2.05) is 0 Å². The van der Waals surface area contributed by atoms with E-state index in [-0.39, 0.29) is 5.25 Å².